The van der Waals surface area contributed by atoms with Crippen LogP contribution in [0.25, 0.3) is 6.08 Å². The number of ether oxygens (including phenoxy) is 5. The molecular formula is C53H74N6O15. The molecule has 0 fully saturated rings. The molecule has 6 amide bonds. The lowest BCUT2D eigenvalue weighted by molar-refractivity contribution is -0.143. The Morgan fingerprint density at radius 3 is 1.12 bits per heavy atom. The topological polar surface area (TPSA) is 334 Å². The van der Waals surface area contributed by atoms with E-state index in [1.54, 1.807) is 126 Å². The second kappa shape index (κ2) is 27.2. The highest BCUT2D eigenvalue weighted by Crippen LogP contribution is 2.23. The maximum atomic E-state index is 12.0. The molecule has 0 spiro atoms. The molecule has 0 aromatic heterocycles. The lowest BCUT2D eigenvalue weighted by Crippen LogP contribution is -2.45. The number of benzene rings is 3. The van der Waals surface area contributed by atoms with E-state index in [-0.39, 0.29) is 18.5 Å². The fourth-order valence-electron chi connectivity index (χ4n) is 6.92. The summed E-state index contributed by atoms with van der Waals surface area (Å²) in [5.41, 5.74) is 21.6. The molecule has 74 heavy (non-hydrogen) atoms. The van der Waals surface area contributed by atoms with Crippen LogP contribution < -0.4 is 33.2 Å². The minimum Gasteiger partial charge on any atom is -0.480 e. The molecule has 0 bridgehead atoms. The summed E-state index contributed by atoms with van der Waals surface area (Å²) in [6.45, 7) is 26.1. The number of amides is 6. The number of carboxylic acid groups (broad SMARTS) is 1. The molecule has 2 atom stereocenters. The number of primary amides is 3. The smallest absolute Gasteiger partial charge is 0.412 e. The monoisotopic (exact) mass is 1030 g/mol. The Labute approximate surface area is 432 Å². The highest BCUT2D eigenvalue weighted by Gasteiger charge is 2.28. The van der Waals surface area contributed by atoms with Crippen LogP contribution in [-0.2, 0) is 50.9 Å². The summed E-state index contributed by atoms with van der Waals surface area (Å²) in [7, 11) is 2.46. The van der Waals surface area contributed by atoms with Gasteiger partial charge in [0.1, 0.15) is 34.6 Å². The maximum absolute atomic E-state index is 12.0. The number of nitrogens with one attached hydrogen (secondary N) is 3. The summed E-state index contributed by atoms with van der Waals surface area (Å²) < 4.78 is 24.9. The molecule has 3 aromatic rings. The zero-order valence-electron chi connectivity index (χ0n) is 45.5. The van der Waals surface area contributed by atoms with Crippen LogP contribution in [0.1, 0.15) is 143 Å². The summed E-state index contributed by atoms with van der Waals surface area (Å²) >= 11 is 0. The van der Waals surface area contributed by atoms with Gasteiger partial charge in [-0.25, -0.2) is 28.8 Å². The number of rotatable bonds is 14. The minimum absolute atomic E-state index is 0.0743. The van der Waals surface area contributed by atoms with Crippen molar-refractivity contribution in [3.05, 3.63) is 109 Å². The van der Waals surface area contributed by atoms with Gasteiger partial charge in [0.15, 0.2) is 0 Å². The van der Waals surface area contributed by atoms with Gasteiger partial charge in [-0.05, 0) is 196 Å². The molecule has 406 valence electrons. The van der Waals surface area contributed by atoms with Crippen molar-refractivity contribution < 1.29 is 71.9 Å². The van der Waals surface area contributed by atoms with Gasteiger partial charge in [-0.2, -0.15) is 0 Å². The number of aliphatic carboxylic acids is 1. The minimum atomic E-state index is -1.17. The van der Waals surface area contributed by atoms with Crippen LogP contribution in [0.15, 0.2) is 42.1 Å². The Balaban J connectivity index is 0.000000555. The van der Waals surface area contributed by atoms with Crippen molar-refractivity contribution in [2.45, 2.75) is 146 Å². The third-order valence-electron chi connectivity index (χ3n) is 10.2. The first-order valence-electron chi connectivity index (χ1n) is 23.1. The van der Waals surface area contributed by atoms with Crippen molar-refractivity contribution in [3.63, 3.8) is 0 Å². The first-order chi connectivity index (χ1) is 33.8. The van der Waals surface area contributed by atoms with Crippen LogP contribution in [0, 0.1) is 41.5 Å². The van der Waals surface area contributed by atoms with Gasteiger partial charge in [0.25, 0.3) is 0 Å². The highest BCUT2D eigenvalue weighted by molar-refractivity contribution is 5.98. The van der Waals surface area contributed by atoms with E-state index in [1.165, 1.54) is 20.3 Å². The van der Waals surface area contributed by atoms with E-state index >= 15 is 0 Å². The number of esters is 2. The predicted molar refractivity (Wildman–Crippen MR) is 276 cm³/mol. The van der Waals surface area contributed by atoms with Crippen molar-refractivity contribution in [2.24, 2.45) is 17.2 Å². The largest absolute Gasteiger partial charge is 0.480 e. The number of methoxy groups -OCH3 is 2. The molecule has 3 rings (SSSR count). The molecule has 0 saturated carbocycles. The van der Waals surface area contributed by atoms with Gasteiger partial charge in [-0.3, -0.25) is 19.7 Å². The van der Waals surface area contributed by atoms with Crippen LogP contribution in [0.3, 0.4) is 0 Å². The van der Waals surface area contributed by atoms with Gasteiger partial charge in [-0.15, -0.1) is 0 Å². The van der Waals surface area contributed by atoms with Crippen LogP contribution in [0.4, 0.5) is 14.4 Å². The molecule has 10 N–H and O–H groups in total. The number of hydrogen-bond acceptors (Lipinski definition) is 14. The van der Waals surface area contributed by atoms with E-state index < -0.39 is 82.8 Å². The maximum Gasteiger partial charge on any atom is 0.412 e. The number of hydrogen-bond donors (Lipinski definition) is 7. The highest BCUT2D eigenvalue weighted by atomic mass is 16.6. The molecule has 0 aliphatic rings. The quantitative estimate of drug-likeness (QED) is 0.0524. The Bertz CT molecular complexity index is 2570. The molecule has 0 aliphatic carbocycles. The van der Waals surface area contributed by atoms with Gasteiger partial charge >= 0.3 is 36.2 Å². The van der Waals surface area contributed by atoms with Gasteiger partial charge in [0.2, 0.25) is 17.7 Å². The van der Waals surface area contributed by atoms with Gasteiger partial charge in [0.05, 0.1) is 14.2 Å². The molecule has 0 heterocycles. The fourth-order valence-corrected chi connectivity index (χ4v) is 6.92. The number of alkyl carbamates (subject to hydrolysis) is 3. The number of carbonyl (C=O) groups is 9. The molecule has 0 saturated heterocycles. The van der Waals surface area contributed by atoms with Crippen LogP contribution in [0.2, 0.25) is 0 Å². The molecular weight excluding hydrogens is 961 g/mol. The zero-order chi connectivity index (χ0) is 57.4. The third-order valence-corrected chi connectivity index (χ3v) is 10.2. The van der Waals surface area contributed by atoms with Crippen molar-refractivity contribution >= 4 is 60.0 Å². The van der Waals surface area contributed by atoms with Gasteiger partial charge < -0.3 is 56.6 Å². The Morgan fingerprint density at radius 2 is 0.824 bits per heavy atom. The number of aryl methyl sites for hydroxylation is 6. The summed E-state index contributed by atoms with van der Waals surface area (Å²) in [4.78, 5) is 105. The molecule has 21 nitrogen and oxygen atoms in total. The lowest BCUT2D eigenvalue weighted by atomic mass is 9.94. The average Bonchev–Trinajstić information content (AvgIpc) is 3.23. The first kappa shape index (κ1) is 64.0. The van der Waals surface area contributed by atoms with Gasteiger partial charge in [0, 0.05) is 29.5 Å². The standard InChI is InChI=1S/C18H26N2O5.C18H24N2O5.C17H24N2O5/c2*1-10-7-12(15(19)21)8-11(2)13(10)9-14(16(22)24-6)20-17(23)25-18(3,4)5;1-9-6-11(14(18)20)7-10(2)12(9)8-13(15(21)22)19-16(23)24-17(3,4)5/h7-8,14H,9H2,1-6H3,(H2,19,21)(H,20,23);7-9H,1-6H3,(H2,19,21)(H,20,23);6-7,13H,8H2,1-5H3,(H2,18,20)(H,19,23)(H,21,22)/b;14-9-;. The lowest BCUT2D eigenvalue weighted by Gasteiger charge is -2.23. The van der Waals surface area contributed by atoms with Crippen molar-refractivity contribution in [1.82, 2.24) is 16.0 Å². The van der Waals surface area contributed by atoms with Crippen molar-refractivity contribution in [2.75, 3.05) is 14.2 Å². The van der Waals surface area contributed by atoms with E-state index in [0.717, 1.165) is 44.5 Å². The van der Waals surface area contributed by atoms with E-state index in [4.69, 9.17) is 40.9 Å². The molecule has 0 aliphatic heterocycles. The number of nitrogens with two attached hydrogens (primary N) is 3. The summed E-state index contributed by atoms with van der Waals surface area (Å²) in [6, 6.07) is 7.72. The fraction of sp³-hybridized carbons (Fsp3) is 0.453. The summed E-state index contributed by atoms with van der Waals surface area (Å²) in [6.07, 6.45) is -0.502. The predicted octanol–water partition coefficient (Wildman–Crippen LogP) is 6.37. The van der Waals surface area contributed by atoms with E-state index in [2.05, 4.69) is 16.0 Å². The molecule has 0 radical (unpaired) electrons. The second-order valence-corrected chi connectivity index (χ2v) is 20.1. The summed E-state index contributed by atoms with van der Waals surface area (Å²) in [5, 5.41) is 16.7. The second-order valence-electron chi connectivity index (χ2n) is 20.1. The van der Waals surface area contributed by atoms with E-state index in [9.17, 15) is 48.3 Å². The molecule has 21 heteroatoms. The summed E-state index contributed by atoms with van der Waals surface area (Å²) in [5.74, 6) is -4.07. The van der Waals surface area contributed by atoms with Gasteiger partial charge in [-0.1, -0.05) is 0 Å². The van der Waals surface area contributed by atoms with E-state index in [0.29, 0.717) is 22.3 Å². The van der Waals surface area contributed by atoms with E-state index in [1.807, 2.05) is 13.8 Å². The van der Waals surface area contributed by atoms with Crippen LogP contribution in [-0.4, -0.2) is 102 Å². The normalized spacial score (nSPS) is 12.1. The molecule has 2 unspecified atom stereocenters. The number of carbonyl (C=O) groups excluding carboxylic acids is 8. The molecule has 3 aromatic carbocycles. The zero-order valence-corrected chi connectivity index (χ0v) is 45.5. The Kier molecular flexibility index (Phi) is 23.5. The Morgan fingerprint density at radius 1 is 0.514 bits per heavy atom. The van der Waals surface area contributed by atoms with Crippen molar-refractivity contribution in [3.8, 4) is 0 Å². The average molecular weight is 1040 g/mol. The third kappa shape index (κ3) is 22.2. The van der Waals surface area contributed by atoms with Crippen molar-refractivity contribution in [1.29, 1.82) is 0 Å². The number of carboxylic acids is 1. The Hall–Kier alpha value is -7.97. The SMILES string of the molecule is COC(=O)/C(=C/c1c(C)cc(C(N)=O)cc1C)NC(=O)OC(C)(C)C.COC(=O)C(Cc1c(C)cc(C(N)=O)cc1C)NC(=O)OC(C)(C)C.Cc1cc(C(N)=O)cc(C)c1CC(NC(=O)OC(C)(C)C)C(=O)O. The first-order valence-corrected chi connectivity index (χ1v) is 23.1. The van der Waals surface area contributed by atoms with Crippen LogP contribution in [0.5, 0.6) is 0 Å². The van der Waals surface area contributed by atoms with Crippen LogP contribution >= 0.6 is 0 Å².